The lowest BCUT2D eigenvalue weighted by Gasteiger charge is -2.23. The van der Waals surface area contributed by atoms with Crippen LogP contribution in [0.5, 0.6) is 0 Å². The molecule has 0 spiro atoms. The van der Waals surface area contributed by atoms with Gasteiger partial charge in [-0.3, -0.25) is 5.01 Å². The Morgan fingerprint density at radius 3 is 2.40 bits per heavy atom. The van der Waals surface area contributed by atoms with Gasteiger partial charge >= 0.3 is 0 Å². The van der Waals surface area contributed by atoms with Crippen LogP contribution in [-0.4, -0.2) is 11.8 Å². The highest BCUT2D eigenvalue weighted by atomic mass is 15.5. The van der Waals surface area contributed by atoms with Crippen molar-refractivity contribution in [1.82, 2.24) is 0 Å². The third-order valence-electron chi connectivity index (χ3n) is 2.07. The average molecular weight is 202 g/mol. The first-order chi connectivity index (χ1) is 7.15. The van der Waals surface area contributed by atoms with Gasteiger partial charge in [-0.15, -0.1) is 0 Å². The summed E-state index contributed by atoms with van der Waals surface area (Å²) in [5, 5.41) is 6.49. The van der Waals surface area contributed by atoms with Crippen molar-refractivity contribution in [2.24, 2.45) is 5.10 Å². The van der Waals surface area contributed by atoms with Crippen LogP contribution in [0.15, 0.2) is 48.1 Å². The number of benzene rings is 1. The van der Waals surface area contributed by atoms with Gasteiger partial charge in [-0.25, -0.2) is 0 Å². The summed E-state index contributed by atoms with van der Waals surface area (Å²) in [6.45, 7) is 9.89. The van der Waals surface area contributed by atoms with E-state index in [-0.39, 0.29) is 0 Å². The van der Waals surface area contributed by atoms with Crippen LogP contribution in [0.4, 0.5) is 5.69 Å². The molecule has 0 radical (unpaired) electrons. The van der Waals surface area contributed by atoms with E-state index in [1.54, 1.807) is 6.08 Å². The lowest BCUT2D eigenvalue weighted by atomic mass is 10.2. The Labute approximate surface area is 91.9 Å². The van der Waals surface area contributed by atoms with Crippen LogP contribution in [0.1, 0.15) is 20.8 Å². The minimum atomic E-state index is 0.335. The smallest absolute Gasteiger partial charge is 0.0597 e. The molecule has 0 aliphatic rings. The fraction of sp³-hybridized carbons (Fsp3) is 0.308. The Balaban J connectivity index is 2.99. The zero-order valence-corrected chi connectivity index (χ0v) is 9.64. The van der Waals surface area contributed by atoms with E-state index in [1.165, 1.54) is 0 Å². The lowest BCUT2D eigenvalue weighted by Crippen LogP contribution is -2.25. The summed E-state index contributed by atoms with van der Waals surface area (Å²) in [6.07, 6.45) is 1.76. The molecule has 0 aliphatic heterocycles. The molecule has 0 amide bonds. The topological polar surface area (TPSA) is 15.6 Å². The fourth-order valence-electron chi connectivity index (χ4n) is 1.26. The molecule has 0 fully saturated rings. The van der Waals surface area contributed by atoms with E-state index in [1.807, 2.05) is 30.1 Å². The summed E-state index contributed by atoms with van der Waals surface area (Å²) >= 11 is 0. The summed E-state index contributed by atoms with van der Waals surface area (Å²) in [4.78, 5) is 0. The molecule has 0 saturated carbocycles. The molecule has 0 aromatic heterocycles. The fourth-order valence-corrected chi connectivity index (χ4v) is 1.26. The molecule has 0 saturated heterocycles. The molecule has 0 N–H and O–H groups in total. The van der Waals surface area contributed by atoms with E-state index in [0.29, 0.717) is 6.04 Å². The van der Waals surface area contributed by atoms with E-state index in [2.05, 4.69) is 37.7 Å². The van der Waals surface area contributed by atoms with E-state index >= 15 is 0 Å². The van der Waals surface area contributed by atoms with E-state index in [4.69, 9.17) is 0 Å². The minimum absolute atomic E-state index is 0.335. The lowest BCUT2D eigenvalue weighted by molar-refractivity contribution is 0.713. The third-order valence-corrected chi connectivity index (χ3v) is 2.07. The van der Waals surface area contributed by atoms with Crippen LogP contribution < -0.4 is 5.01 Å². The summed E-state index contributed by atoms with van der Waals surface area (Å²) in [7, 11) is 0. The number of hydrazone groups is 1. The van der Waals surface area contributed by atoms with Gasteiger partial charge in [0.05, 0.1) is 11.4 Å². The number of para-hydroxylation sites is 1. The molecular weight excluding hydrogens is 184 g/mol. The van der Waals surface area contributed by atoms with Gasteiger partial charge < -0.3 is 0 Å². The van der Waals surface area contributed by atoms with Crippen LogP contribution in [0.3, 0.4) is 0 Å². The molecule has 1 rings (SSSR count). The molecule has 0 bridgehead atoms. The average Bonchev–Trinajstić information content (AvgIpc) is 2.26. The number of allylic oxidation sites excluding steroid dienone is 1. The SMILES string of the molecule is C=C/C(C)=N\N(c1ccccc1)C(C)C. The van der Waals surface area contributed by atoms with Crippen LogP contribution in [-0.2, 0) is 0 Å². The largest absolute Gasteiger partial charge is 0.263 e. The van der Waals surface area contributed by atoms with Crippen molar-refractivity contribution < 1.29 is 0 Å². The van der Waals surface area contributed by atoms with Crippen molar-refractivity contribution in [2.45, 2.75) is 26.8 Å². The van der Waals surface area contributed by atoms with Crippen molar-refractivity contribution >= 4 is 11.4 Å². The second-order valence-electron chi connectivity index (χ2n) is 3.72. The molecule has 0 unspecified atom stereocenters. The van der Waals surface area contributed by atoms with Crippen molar-refractivity contribution in [3.8, 4) is 0 Å². The maximum atomic E-state index is 4.50. The minimum Gasteiger partial charge on any atom is -0.263 e. The highest BCUT2D eigenvalue weighted by Crippen LogP contribution is 2.16. The van der Waals surface area contributed by atoms with Gasteiger partial charge in [0.25, 0.3) is 0 Å². The number of rotatable bonds is 4. The Hall–Kier alpha value is -1.57. The van der Waals surface area contributed by atoms with Crippen LogP contribution >= 0.6 is 0 Å². The summed E-state index contributed by atoms with van der Waals surface area (Å²) in [5.74, 6) is 0. The Morgan fingerprint density at radius 1 is 1.33 bits per heavy atom. The molecule has 1 aromatic rings. The zero-order valence-electron chi connectivity index (χ0n) is 9.64. The maximum Gasteiger partial charge on any atom is 0.0597 e. The van der Waals surface area contributed by atoms with Crippen molar-refractivity contribution in [3.05, 3.63) is 43.0 Å². The zero-order chi connectivity index (χ0) is 11.3. The monoisotopic (exact) mass is 202 g/mol. The quantitative estimate of drug-likeness (QED) is 0.539. The Morgan fingerprint density at radius 2 is 1.93 bits per heavy atom. The number of hydrogen-bond acceptors (Lipinski definition) is 2. The van der Waals surface area contributed by atoms with E-state index in [9.17, 15) is 0 Å². The number of hydrogen-bond donors (Lipinski definition) is 0. The molecule has 2 nitrogen and oxygen atoms in total. The van der Waals surface area contributed by atoms with Crippen LogP contribution in [0.2, 0.25) is 0 Å². The number of nitrogens with zero attached hydrogens (tertiary/aromatic N) is 2. The second-order valence-corrected chi connectivity index (χ2v) is 3.72. The van der Waals surface area contributed by atoms with E-state index < -0.39 is 0 Å². The Kier molecular flexibility index (Phi) is 4.10. The van der Waals surface area contributed by atoms with Gasteiger partial charge in [0.15, 0.2) is 0 Å². The molecule has 15 heavy (non-hydrogen) atoms. The van der Waals surface area contributed by atoms with Crippen LogP contribution in [0, 0.1) is 0 Å². The highest BCUT2D eigenvalue weighted by molar-refractivity contribution is 5.92. The first kappa shape index (κ1) is 11.5. The maximum absolute atomic E-state index is 4.50. The van der Waals surface area contributed by atoms with Crippen LogP contribution in [0.25, 0.3) is 0 Å². The molecule has 1 aromatic carbocycles. The summed E-state index contributed by atoms with van der Waals surface area (Å²) in [6, 6.07) is 10.5. The highest BCUT2D eigenvalue weighted by Gasteiger charge is 2.08. The van der Waals surface area contributed by atoms with E-state index in [0.717, 1.165) is 11.4 Å². The van der Waals surface area contributed by atoms with Gasteiger partial charge in [0.2, 0.25) is 0 Å². The molecule has 0 aliphatic carbocycles. The predicted octanol–water partition coefficient (Wildman–Crippen LogP) is 3.46. The Bertz CT molecular complexity index is 339. The molecule has 0 heterocycles. The van der Waals surface area contributed by atoms with Gasteiger partial charge in [0, 0.05) is 6.04 Å². The number of anilines is 1. The van der Waals surface area contributed by atoms with Gasteiger partial charge in [-0.2, -0.15) is 5.10 Å². The first-order valence-electron chi connectivity index (χ1n) is 5.17. The van der Waals surface area contributed by atoms with Gasteiger partial charge in [-0.05, 0) is 39.0 Å². The van der Waals surface area contributed by atoms with Gasteiger partial charge in [-0.1, -0.05) is 24.8 Å². The molecule has 0 atom stereocenters. The summed E-state index contributed by atoms with van der Waals surface area (Å²) in [5.41, 5.74) is 2.03. The van der Waals surface area contributed by atoms with Gasteiger partial charge in [0.1, 0.15) is 0 Å². The normalized spacial score (nSPS) is 11.6. The van der Waals surface area contributed by atoms with Crippen molar-refractivity contribution in [3.63, 3.8) is 0 Å². The molecule has 80 valence electrons. The first-order valence-corrected chi connectivity index (χ1v) is 5.17. The molecular formula is C13H18N2. The third kappa shape index (κ3) is 3.24. The summed E-state index contributed by atoms with van der Waals surface area (Å²) < 4.78 is 0. The van der Waals surface area contributed by atoms with Crippen molar-refractivity contribution in [1.29, 1.82) is 0 Å². The predicted molar refractivity (Wildman–Crippen MR) is 67.4 cm³/mol. The molecule has 2 heteroatoms. The van der Waals surface area contributed by atoms with Crippen molar-refractivity contribution in [2.75, 3.05) is 5.01 Å². The standard InChI is InChI=1S/C13H18N2/c1-5-12(4)14-15(11(2)3)13-9-7-6-8-10-13/h5-11H,1H2,2-4H3/b14-12-. The second kappa shape index (κ2) is 5.35.